The van der Waals surface area contributed by atoms with Crippen LogP contribution < -0.4 is 0 Å². The second-order valence-electron chi connectivity index (χ2n) is 31.8. The molecule has 4 heteroatoms. The second kappa shape index (κ2) is 24.2. The van der Waals surface area contributed by atoms with Crippen molar-refractivity contribution in [1.82, 2.24) is 18.3 Å². The summed E-state index contributed by atoms with van der Waals surface area (Å²) in [6, 6.07) is 142. The second-order valence-corrected chi connectivity index (χ2v) is 31.8. The molecule has 4 aromatic heterocycles. The van der Waals surface area contributed by atoms with E-state index in [0.717, 1.165) is 78.5 Å². The van der Waals surface area contributed by atoms with E-state index in [4.69, 9.17) is 0 Å². The van der Waals surface area contributed by atoms with Gasteiger partial charge in [0, 0.05) is 77.0 Å². The van der Waals surface area contributed by atoms with Gasteiger partial charge in [-0.2, -0.15) is 0 Å². The quantitative estimate of drug-likeness (QED) is 0.122. The minimum absolute atomic E-state index is 0.286. The minimum Gasteiger partial charge on any atom is -0.309 e. The van der Waals surface area contributed by atoms with Crippen LogP contribution in [0.15, 0.2) is 376 Å². The lowest BCUT2D eigenvalue weighted by molar-refractivity contribution is 0.660. The van der Waals surface area contributed by atoms with E-state index < -0.39 is 0 Å². The van der Waals surface area contributed by atoms with Gasteiger partial charge in [0.1, 0.15) is 0 Å². The van der Waals surface area contributed by atoms with Crippen LogP contribution in [0.5, 0.6) is 0 Å². The summed E-state index contributed by atoms with van der Waals surface area (Å²) in [6.45, 7) is 9.70. The molecule has 0 saturated carbocycles. The highest BCUT2D eigenvalue weighted by Gasteiger charge is 2.39. The van der Waals surface area contributed by atoms with Crippen LogP contribution in [0.2, 0.25) is 0 Å². The van der Waals surface area contributed by atoms with Crippen LogP contribution >= 0.6 is 0 Å². The molecule has 0 unspecified atom stereocenters. The maximum absolute atomic E-state index is 2.62. The van der Waals surface area contributed by atoms with Crippen molar-refractivity contribution in [3.63, 3.8) is 0 Å². The Balaban J connectivity index is 0.924. The molecule has 17 aromatic carbocycles. The molecule has 0 bridgehead atoms. The third-order valence-corrected chi connectivity index (χ3v) is 25.1. The molecule has 0 fully saturated rings. The van der Waals surface area contributed by atoms with Crippen molar-refractivity contribution >= 4 is 87.0 Å². The van der Waals surface area contributed by atoms with Gasteiger partial charge in [-0.25, -0.2) is 0 Å². The summed E-state index contributed by atoms with van der Waals surface area (Å²) in [5, 5.41) is 11.8. The molecule has 0 aliphatic heterocycles. The summed E-state index contributed by atoms with van der Waals surface area (Å²) < 4.78 is 10.1. The Morgan fingerprint density at radius 3 is 0.893 bits per heavy atom. The van der Waals surface area contributed by atoms with E-state index in [1.54, 1.807) is 0 Å². The number of hydrogen-bond acceptors (Lipinski definition) is 0. The minimum atomic E-state index is -0.286. The molecule has 21 aromatic rings. The Labute approximate surface area is 649 Å². The number of fused-ring (bicyclic) bond motifs is 16. The predicted molar refractivity (Wildman–Crippen MR) is 472 cm³/mol. The van der Waals surface area contributed by atoms with Crippen LogP contribution in [0, 0.1) is 0 Å². The van der Waals surface area contributed by atoms with Crippen molar-refractivity contribution in [3.8, 4) is 112 Å². The summed E-state index contributed by atoms with van der Waals surface area (Å²) in [7, 11) is 0. The molecule has 2 aliphatic rings. The molecule has 4 heterocycles. The molecule has 112 heavy (non-hydrogen) atoms. The van der Waals surface area contributed by atoms with Crippen molar-refractivity contribution in [3.05, 3.63) is 398 Å². The topological polar surface area (TPSA) is 19.7 Å². The molecule has 0 saturated heterocycles. The number of aromatic nitrogens is 4. The van der Waals surface area contributed by atoms with Gasteiger partial charge in [0.2, 0.25) is 0 Å². The lowest BCUT2D eigenvalue weighted by atomic mass is 9.79. The molecular formula is C108H74N4. The summed E-state index contributed by atoms with van der Waals surface area (Å²) >= 11 is 0. The summed E-state index contributed by atoms with van der Waals surface area (Å²) in [4.78, 5) is 0. The third kappa shape index (κ3) is 9.24. The highest BCUT2D eigenvalue weighted by Crippen LogP contribution is 2.57. The lowest BCUT2D eigenvalue weighted by Crippen LogP contribution is -2.15. The van der Waals surface area contributed by atoms with Gasteiger partial charge in [-0.05, 0) is 220 Å². The molecule has 0 atom stereocenters. The molecule has 526 valence electrons. The molecule has 0 radical (unpaired) electrons. The number of hydrogen-bond donors (Lipinski definition) is 0. The highest BCUT2D eigenvalue weighted by atomic mass is 15.0. The Kier molecular flexibility index (Phi) is 13.8. The molecule has 0 N–H and O–H groups in total. The van der Waals surface area contributed by atoms with Gasteiger partial charge in [-0.15, -0.1) is 0 Å². The summed E-state index contributed by atoms with van der Waals surface area (Å²) in [5.41, 5.74) is 35.2. The molecule has 23 rings (SSSR count). The van der Waals surface area contributed by atoms with Crippen LogP contribution in [-0.4, -0.2) is 18.3 Å². The fourth-order valence-electron chi connectivity index (χ4n) is 20.1. The number of para-hydroxylation sites is 4. The van der Waals surface area contributed by atoms with E-state index in [1.165, 1.54) is 143 Å². The maximum atomic E-state index is 2.62. The lowest BCUT2D eigenvalue weighted by Gasteiger charge is -2.24. The van der Waals surface area contributed by atoms with Crippen LogP contribution in [-0.2, 0) is 10.8 Å². The zero-order valence-corrected chi connectivity index (χ0v) is 62.6. The molecule has 4 nitrogen and oxygen atoms in total. The molecule has 0 spiro atoms. The fourth-order valence-corrected chi connectivity index (χ4v) is 20.1. The van der Waals surface area contributed by atoms with Crippen LogP contribution in [0.4, 0.5) is 0 Å². The number of benzene rings is 17. The van der Waals surface area contributed by atoms with Crippen molar-refractivity contribution in [2.45, 2.75) is 38.5 Å². The smallest absolute Gasteiger partial charge is 0.0619 e. The first-order valence-electron chi connectivity index (χ1n) is 39.2. The molecule has 2 aliphatic carbocycles. The first kappa shape index (κ1) is 64.0. The van der Waals surface area contributed by atoms with Gasteiger partial charge in [-0.1, -0.05) is 295 Å². The standard InChI is InChI=1S/C108H74N4/c1-107(2)91-47-27-23-43-77(91)79-55-51-71(59-93(79)107)101-85-63-89-100(112(105(69-35-15-7-16-36-69)103(89)67-31-11-5-12-32-67)76-54-58-98-84(62-76)82-46-26-30-50-96(82)110(98)74-41-21-10-22-42-74)66-88(85)102(72-52-56-80-78-44-24-28-48-92(78)108(3,4)94(80)60-72)86-64-90-99(65-87(86)101)111(106(70-37-17-8-18-38-70)104(90)68-33-13-6-14-34-68)75-53-57-97-83(61-75)81-45-25-29-49-95(81)109(97)73-39-19-9-20-40-73/h5-66H,1-4H3. The van der Waals surface area contributed by atoms with Crippen molar-refractivity contribution in [2.75, 3.05) is 0 Å². The van der Waals surface area contributed by atoms with Crippen LogP contribution in [0.1, 0.15) is 49.9 Å². The Morgan fingerprint density at radius 2 is 0.491 bits per heavy atom. The largest absolute Gasteiger partial charge is 0.309 e. The van der Waals surface area contributed by atoms with Gasteiger partial charge in [0.05, 0.1) is 44.5 Å². The Bertz CT molecular complexity index is 7050. The predicted octanol–water partition coefficient (Wildman–Crippen LogP) is 28.7. The van der Waals surface area contributed by atoms with E-state index in [9.17, 15) is 0 Å². The van der Waals surface area contributed by atoms with Gasteiger partial charge in [0.25, 0.3) is 0 Å². The van der Waals surface area contributed by atoms with E-state index in [-0.39, 0.29) is 10.8 Å². The van der Waals surface area contributed by atoms with E-state index in [0.29, 0.717) is 0 Å². The maximum Gasteiger partial charge on any atom is 0.0619 e. The van der Waals surface area contributed by atoms with Crippen LogP contribution in [0.25, 0.3) is 199 Å². The van der Waals surface area contributed by atoms with Crippen molar-refractivity contribution in [2.24, 2.45) is 0 Å². The first-order chi connectivity index (χ1) is 55.1. The van der Waals surface area contributed by atoms with E-state index in [2.05, 4.69) is 422 Å². The summed E-state index contributed by atoms with van der Waals surface area (Å²) in [5.74, 6) is 0. The average molecular weight is 1430 g/mol. The molecule has 0 amide bonds. The Morgan fingerprint density at radius 1 is 0.170 bits per heavy atom. The number of nitrogens with zero attached hydrogens (tertiary/aromatic N) is 4. The van der Waals surface area contributed by atoms with Crippen molar-refractivity contribution < 1.29 is 0 Å². The third-order valence-electron chi connectivity index (χ3n) is 25.1. The van der Waals surface area contributed by atoms with Gasteiger partial charge >= 0.3 is 0 Å². The number of rotatable bonds is 10. The first-order valence-corrected chi connectivity index (χ1v) is 39.2. The highest BCUT2D eigenvalue weighted by molar-refractivity contribution is 6.28. The Hall–Kier alpha value is -14.1. The molecular weight excluding hydrogens is 1350 g/mol. The van der Waals surface area contributed by atoms with E-state index >= 15 is 0 Å². The fraction of sp³-hybridized carbons (Fsp3) is 0.0556. The monoisotopic (exact) mass is 1430 g/mol. The SMILES string of the molecule is CC1(C)c2ccccc2-c2ccc(-c3c4cc5c(-c6ccccc6)c(-c6ccccc6)n(-c6ccc7c(c6)c6ccccc6n7-c6ccccc6)c5cc4c(-c4ccc5c(c4)C(C)(C)c4ccccc4-5)c4cc5c(-c6ccccc6)c(-c6ccccc6)n(-c6ccc7c(c6)c6ccccc6n7-c6ccccc6)c5cc34)cc21. The van der Waals surface area contributed by atoms with E-state index in [1.807, 2.05) is 0 Å². The van der Waals surface area contributed by atoms with Crippen molar-refractivity contribution in [1.29, 1.82) is 0 Å². The van der Waals surface area contributed by atoms with Gasteiger partial charge in [0.15, 0.2) is 0 Å². The van der Waals surface area contributed by atoms with Gasteiger partial charge < -0.3 is 18.3 Å². The zero-order valence-electron chi connectivity index (χ0n) is 62.6. The van der Waals surface area contributed by atoms with Crippen LogP contribution in [0.3, 0.4) is 0 Å². The summed E-state index contributed by atoms with van der Waals surface area (Å²) in [6.07, 6.45) is 0. The average Bonchev–Trinajstić information content (AvgIpc) is 1.47. The zero-order chi connectivity index (χ0) is 74.2. The normalized spacial score (nSPS) is 13.3. The van der Waals surface area contributed by atoms with Gasteiger partial charge in [-0.3, -0.25) is 0 Å².